The summed E-state index contributed by atoms with van der Waals surface area (Å²) >= 11 is 0. The van der Waals surface area contributed by atoms with E-state index >= 15 is 0 Å². The summed E-state index contributed by atoms with van der Waals surface area (Å²) in [5.74, 6) is 0.0506. The van der Waals surface area contributed by atoms with E-state index in [2.05, 4.69) is 29.6 Å². The van der Waals surface area contributed by atoms with Crippen molar-refractivity contribution in [3.05, 3.63) is 155 Å². The summed E-state index contributed by atoms with van der Waals surface area (Å²) in [7, 11) is 1.59. The van der Waals surface area contributed by atoms with E-state index in [1.54, 1.807) is 19.2 Å². The molecule has 0 radical (unpaired) electrons. The third kappa shape index (κ3) is 10.8. The van der Waals surface area contributed by atoms with Gasteiger partial charge in [0.25, 0.3) is 5.91 Å². The molecule has 2 aliphatic carbocycles. The normalized spacial score (nSPS) is 16.4. The van der Waals surface area contributed by atoms with Crippen LogP contribution in [0.1, 0.15) is 102 Å². The smallest absolute Gasteiger partial charge is 0.410 e. The van der Waals surface area contributed by atoms with Gasteiger partial charge >= 0.3 is 12.1 Å². The zero-order chi connectivity index (χ0) is 45.1. The second kappa shape index (κ2) is 21.4. The second-order valence-electron chi connectivity index (χ2n) is 17.3. The minimum Gasteiger partial charge on any atom is -0.497 e. The van der Waals surface area contributed by atoms with Crippen LogP contribution in [0.2, 0.25) is 0 Å². The zero-order valence-electron chi connectivity index (χ0n) is 37.4. The van der Waals surface area contributed by atoms with Gasteiger partial charge in [-0.05, 0) is 96.2 Å². The van der Waals surface area contributed by atoms with Crippen LogP contribution in [-0.2, 0) is 32.2 Å². The van der Waals surface area contributed by atoms with Crippen molar-refractivity contribution < 1.29 is 38.1 Å². The van der Waals surface area contributed by atoms with Crippen LogP contribution in [0, 0.1) is 5.92 Å². The van der Waals surface area contributed by atoms with Gasteiger partial charge in [-0.1, -0.05) is 110 Å². The lowest BCUT2D eigenvalue weighted by atomic mass is 9.83. The molecule has 1 heterocycles. The fraction of sp³-hybridized carbons (Fsp3) is 0.370. The molecule has 1 saturated heterocycles. The molecule has 65 heavy (non-hydrogen) atoms. The quantitative estimate of drug-likeness (QED) is 0.0973. The molecule has 1 N–H and O–H groups in total. The summed E-state index contributed by atoms with van der Waals surface area (Å²) < 4.78 is 23.3. The Morgan fingerprint density at radius 2 is 1.49 bits per heavy atom. The molecule has 2 fully saturated rings. The van der Waals surface area contributed by atoms with Crippen molar-refractivity contribution in [2.45, 2.75) is 82.9 Å². The number of carbonyl (C=O) groups excluding carboxylic acids is 4. The fourth-order valence-electron chi connectivity index (χ4n) is 9.71. The van der Waals surface area contributed by atoms with Crippen molar-refractivity contribution in [2.24, 2.45) is 5.92 Å². The average molecular weight is 878 g/mol. The molecule has 8 rings (SSSR count). The van der Waals surface area contributed by atoms with E-state index in [0.717, 1.165) is 83.9 Å². The predicted octanol–water partition coefficient (Wildman–Crippen LogP) is 9.67. The first-order valence-electron chi connectivity index (χ1n) is 23.1. The fourth-order valence-corrected chi connectivity index (χ4v) is 9.71. The van der Waals surface area contributed by atoms with Crippen LogP contribution in [-0.4, -0.2) is 79.7 Å². The molecule has 3 aliphatic rings. The molecule has 1 saturated carbocycles. The van der Waals surface area contributed by atoms with Gasteiger partial charge in [0.15, 0.2) is 0 Å². The number of rotatable bonds is 16. The number of nitrogens with one attached hydrogen (secondary N) is 1. The van der Waals surface area contributed by atoms with Crippen molar-refractivity contribution in [1.82, 2.24) is 15.1 Å². The van der Waals surface area contributed by atoms with Crippen LogP contribution < -0.4 is 14.8 Å². The zero-order valence-corrected chi connectivity index (χ0v) is 37.4. The molecule has 1 unspecified atom stereocenters. The SMILES string of the molecule is CCOc1cc(OC)ccc1CN(CC(=O)N1CCCC(c2cccc(C(=O)N[C@H](C(=O)OCc3ccccc3)C3CCCCC3)c2)C1)C(=O)OCC1c2ccccc2-c2ccccc21. The predicted molar refractivity (Wildman–Crippen MR) is 249 cm³/mol. The van der Waals surface area contributed by atoms with Crippen LogP contribution in [0.25, 0.3) is 11.1 Å². The Hall–Kier alpha value is -6.62. The highest BCUT2D eigenvalue weighted by Gasteiger charge is 2.34. The molecule has 0 bridgehead atoms. The third-order valence-corrected chi connectivity index (χ3v) is 13.1. The van der Waals surface area contributed by atoms with Crippen molar-refractivity contribution in [3.8, 4) is 22.6 Å². The monoisotopic (exact) mass is 877 g/mol. The Kier molecular flexibility index (Phi) is 14.8. The van der Waals surface area contributed by atoms with Crippen LogP contribution in [0.4, 0.5) is 4.79 Å². The van der Waals surface area contributed by atoms with Gasteiger partial charge in [0, 0.05) is 42.1 Å². The Morgan fingerprint density at radius 3 is 2.22 bits per heavy atom. The minimum absolute atomic E-state index is 0.000504. The Labute approximate surface area is 382 Å². The van der Waals surface area contributed by atoms with Crippen molar-refractivity contribution in [2.75, 3.05) is 40.0 Å². The lowest BCUT2D eigenvalue weighted by Gasteiger charge is -2.35. The lowest BCUT2D eigenvalue weighted by Crippen LogP contribution is -2.47. The number of piperidine rings is 1. The number of hydrogen-bond donors (Lipinski definition) is 1. The first kappa shape index (κ1) is 45.0. The van der Waals surface area contributed by atoms with E-state index in [0.29, 0.717) is 36.8 Å². The van der Waals surface area contributed by atoms with E-state index in [1.807, 2.05) is 96.8 Å². The summed E-state index contributed by atoms with van der Waals surface area (Å²) in [6.45, 7) is 3.40. The molecule has 0 aromatic heterocycles. The van der Waals surface area contributed by atoms with Crippen molar-refractivity contribution in [3.63, 3.8) is 0 Å². The van der Waals surface area contributed by atoms with Gasteiger partial charge < -0.3 is 29.2 Å². The molecular weight excluding hydrogens is 819 g/mol. The standard InChI is InChI=1S/C54H59N3O8/c1-3-63-49-31-43(62-2)28-27-42(49)33-57(54(61)65-36-48-46-25-12-10-23-44(46)45-24-11-13-26-47(45)48)34-50(58)56-29-15-22-41(32-56)39-20-14-21-40(30-39)52(59)55-51(38-18-8-5-9-19-38)53(60)64-35-37-16-6-4-7-17-37/h4,6-7,10-14,16-17,20-21,23-28,30-31,38,41,48,51H,3,5,8-9,15,18-19,22,29,32-36H2,1-2H3,(H,55,59)/t41?,51-/m0/s1. The summed E-state index contributed by atoms with van der Waals surface area (Å²) in [5, 5.41) is 3.06. The van der Waals surface area contributed by atoms with Gasteiger partial charge in [-0.25, -0.2) is 9.59 Å². The summed E-state index contributed by atoms with van der Waals surface area (Å²) in [6.07, 6.45) is 5.81. The molecule has 11 nitrogen and oxygen atoms in total. The number of esters is 1. The average Bonchev–Trinajstić information content (AvgIpc) is 3.68. The molecule has 3 amide bonds. The Morgan fingerprint density at radius 1 is 0.769 bits per heavy atom. The topological polar surface area (TPSA) is 124 Å². The number of benzene rings is 5. The molecule has 2 atom stereocenters. The van der Waals surface area contributed by atoms with Gasteiger partial charge in [0.05, 0.1) is 20.3 Å². The van der Waals surface area contributed by atoms with Crippen molar-refractivity contribution in [1.29, 1.82) is 0 Å². The maximum Gasteiger partial charge on any atom is 0.410 e. The number of ether oxygens (including phenoxy) is 4. The number of fused-ring (bicyclic) bond motifs is 3. The minimum atomic E-state index is -0.750. The first-order valence-corrected chi connectivity index (χ1v) is 23.1. The highest BCUT2D eigenvalue weighted by Crippen LogP contribution is 2.44. The molecule has 5 aromatic rings. The van der Waals surface area contributed by atoms with Gasteiger partial charge in [0.2, 0.25) is 5.91 Å². The maximum absolute atomic E-state index is 14.4. The largest absolute Gasteiger partial charge is 0.497 e. The van der Waals surface area contributed by atoms with Gasteiger partial charge in [-0.3, -0.25) is 14.5 Å². The third-order valence-electron chi connectivity index (χ3n) is 13.1. The van der Waals surface area contributed by atoms with Crippen LogP contribution in [0.5, 0.6) is 11.5 Å². The number of nitrogens with zero attached hydrogens (tertiary/aromatic N) is 2. The number of likely N-dealkylation sites (tertiary alicyclic amines) is 1. The van der Waals surface area contributed by atoms with Gasteiger partial charge in [-0.15, -0.1) is 0 Å². The maximum atomic E-state index is 14.4. The highest BCUT2D eigenvalue weighted by molar-refractivity contribution is 5.97. The lowest BCUT2D eigenvalue weighted by molar-refractivity contribution is -0.149. The van der Waals surface area contributed by atoms with Crippen LogP contribution in [0.3, 0.4) is 0 Å². The molecule has 5 aromatic carbocycles. The first-order chi connectivity index (χ1) is 31.8. The van der Waals surface area contributed by atoms with Crippen LogP contribution in [0.15, 0.2) is 121 Å². The summed E-state index contributed by atoms with van der Waals surface area (Å²) in [6, 6.07) is 38.1. The van der Waals surface area contributed by atoms with Crippen molar-refractivity contribution >= 4 is 23.9 Å². The summed E-state index contributed by atoms with van der Waals surface area (Å²) in [5.41, 5.74) is 7.45. The number of methoxy groups -OCH3 is 1. The molecule has 11 heteroatoms. The van der Waals surface area contributed by atoms with E-state index in [4.69, 9.17) is 18.9 Å². The molecule has 1 aliphatic heterocycles. The second-order valence-corrected chi connectivity index (χ2v) is 17.3. The summed E-state index contributed by atoms with van der Waals surface area (Å²) in [4.78, 5) is 59.4. The van der Waals surface area contributed by atoms with Gasteiger partial charge in [0.1, 0.15) is 37.3 Å². The van der Waals surface area contributed by atoms with E-state index in [1.165, 1.54) is 4.90 Å². The number of carbonyl (C=O) groups is 4. The molecule has 0 spiro atoms. The van der Waals surface area contributed by atoms with Gasteiger partial charge in [-0.2, -0.15) is 0 Å². The van der Waals surface area contributed by atoms with E-state index in [9.17, 15) is 19.2 Å². The molecule has 338 valence electrons. The van der Waals surface area contributed by atoms with E-state index < -0.39 is 18.1 Å². The van der Waals surface area contributed by atoms with E-state index in [-0.39, 0.29) is 55.9 Å². The number of amides is 3. The Balaban J connectivity index is 0.960. The molecular formula is C54H59N3O8. The Bertz CT molecular complexity index is 2400. The highest BCUT2D eigenvalue weighted by atomic mass is 16.6. The van der Waals surface area contributed by atoms with Crippen LogP contribution >= 0.6 is 0 Å². The number of hydrogen-bond acceptors (Lipinski definition) is 8.